The van der Waals surface area contributed by atoms with Crippen LogP contribution < -0.4 is 0 Å². The smallest absolute Gasteiger partial charge is 0.306 e. The molecule has 0 radical (unpaired) electrons. The van der Waals surface area contributed by atoms with Gasteiger partial charge in [0, 0.05) is 19.3 Å². The molecule has 0 heterocycles. The Morgan fingerprint density at radius 2 is 0.486 bits per heavy atom. The molecule has 0 aliphatic heterocycles. The van der Waals surface area contributed by atoms with Crippen LogP contribution in [0.3, 0.4) is 0 Å². The average molecular weight is 1040 g/mol. The summed E-state index contributed by atoms with van der Waals surface area (Å²) in [5.41, 5.74) is 0. The van der Waals surface area contributed by atoms with Crippen molar-refractivity contribution in [1.82, 2.24) is 0 Å². The Morgan fingerprint density at radius 3 is 0.757 bits per heavy atom. The van der Waals surface area contributed by atoms with Gasteiger partial charge in [-0.3, -0.25) is 14.4 Å². The predicted molar refractivity (Wildman–Crippen MR) is 321 cm³/mol. The molecule has 0 N–H and O–H groups in total. The topological polar surface area (TPSA) is 78.9 Å². The Kier molecular flexibility index (Phi) is 61.1. The number of carbonyl (C=O) groups excluding carboxylic acids is 3. The van der Waals surface area contributed by atoms with Gasteiger partial charge in [-0.1, -0.05) is 301 Å². The van der Waals surface area contributed by atoms with Gasteiger partial charge in [0.25, 0.3) is 0 Å². The lowest BCUT2D eigenvalue weighted by Gasteiger charge is -2.18. The van der Waals surface area contributed by atoms with Crippen molar-refractivity contribution in [1.29, 1.82) is 0 Å². The quantitative estimate of drug-likeness (QED) is 0.0261. The van der Waals surface area contributed by atoms with Crippen LogP contribution in [0.25, 0.3) is 0 Å². The molecule has 434 valence electrons. The highest BCUT2D eigenvalue weighted by molar-refractivity contribution is 5.71. The molecule has 6 nitrogen and oxygen atoms in total. The summed E-state index contributed by atoms with van der Waals surface area (Å²) in [6.45, 7) is 6.62. The lowest BCUT2D eigenvalue weighted by molar-refractivity contribution is -0.167. The SMILES string of the molecule is CCCCCCC/C=C\C/C=C\CCCCCCCCCCCC(=O)OC(COC(=O)CCCCCCCC)COC(=O)CCCCCCCCCCCCCCCCCCC/C=C\CCCCCCCCCC. The van der Waals surface area contributed by atoms with Gasteiger partial charge in [0.2, 0.25) is 0 Å². The van der Waals surface area contributed by atoms with Crippen molar-refractivity contribution in [3.8, 4) is 0 Å². The lowest BCUT2D eigenvalue weighted by Crippen LogP contribution is -2.30. The third-order valence-electron chi connectivity index (χ3n) is 14.9. The van der Waals surface area contributed by atoms with Gasteiger partial charge in [-0.15, -0.1) is 0 Å². The minimum Gasteiger partial charge on any atom is -0.462 e. The molecule has 74 heavy (non-hydrogen) atoms. The minimum absolute atomic E-state index is 0.0699. The van der Waals surface area contributed by atoms with E-state index >= 15 is 0 Å². The molecule has 0 saturated carbocycles. The zero-order valence-corrected chi connectivity index (χ0v) is 49.9. The van der Waals surface area contributed by atoms with E-state index < -0.39 is 6.10 Å². The second-order valence-corrected chi connectivity index (χ2v) is 22.4. The average Bonchev–Trinajstić information content (AvgIpc) is 3.40. The molecular weight excluding hydrogens is 913 g/mol. The van der Waals surface area contributed by atoms with Gasteiger partial charge in [0.15, 0.2) is 6.10 Å². The Labute approximate surface area is 461 Å². The Bertz CT molecular complexity index is 1240. The number of carbonyl (C=O) groups is 3. The van der Waals surface area contributed by atoms with Gasteiger partial charge < -0.3 is 14.2 Å². The normalized spacial score (nSPS) is 12.2. The first-order valence-electron chi connectivity index (χ1n) is 33.0. The van der Waals surface area contributed by atoms with Crippen LogP contribution in [0.2, 0.25) is 0 Å². The largest absolute Gasteiger partial charge is 0.462 e. The molecule has 0 aromatic carbocycles. The van der Waals surface area contributed by atoms with Crippen LogP contribution >= 0.6 is 0 Å². The molecule has 6 heteroatoms. The molecule has 0 fully saturated rings. The standard InChI is InChI=1S/C68H126O6/c1-4-7-10-13-16-18-20-22-24-26-28-30-31-32-33-34-35-36-37-39-40-42-44-46-48-50-52-55-58-61-67(70)73-64-65(63-72-66(69)60-57-54-15-12-9-6-3)74-68(71)62-59-56-53-51-49-47-45-43-41-38-29-27-25-23-21-19-17-14-11-8-5-2/h21,23,26-29,65H,4-20,22,24-25,30-64H2,1-3H3/b23-21-,28-26-,29-27-. The van der Waals surface area contributed by atoms with Gasteiger partial charge >= 0.3 is 17.9 Å². The third kappa shape index (κ3) is 60.5. The molecule has 0 spiro atoms. The molecule has 0 aliphatic carbocycles. The van der Waals surface area contributed by atoms with E-state index in [0.717, 1.165) is 64.2 Å². The van der Waals surface area contributed by atoms with E-state index in [1.54, 1.807) is 0 Å². The number of esters is 3. The van der Waals surface area contributed by atoms with Crippen LogP contribution in [0.5, 0.6) is 0 Å². The summed E-state index contributed by atoms with van der Waals surface area (Å²) >= 11 is 0. The highest BCUT2D eigenvalue weighted by atomic mass is 16.6. The summed E-state index contributed by atoms with van der Waals surface area (Å²) < 4.78 is 16.8. The van der Waals surface area contributed by atoms with Gasteiger partial charge in [-0.25, -0.2) is 0 Å². The van der Waals surface area contributed by atoms with Crippen LogP contribution in [0.15, 0.2) is 36.5 Å². The van der Waals surface area contributed by atoms with E-state index in [4.69, 9.17) is 14.2 Å². The van der Waals surface area contributed by atoms with Crippen LogP contribution in [0.1, 0.15) is 361 Å². The fraction of sp³-hybridized carbons (Fsp3) is 0.868. The number of hydrogen-bond acceptors (Lipinski definition) is 6. The van der Waals surface area contributed by atoms with Crippen molar-refractivity contribution in [2.75, 3.05) is 13.2 Å². The molecule has 1 atom stereocenters. The third-order valence-corrected chi connectivity index (χ3v) is 14.9. The summed E-state index contributed by atoms with van der Waals surface area (Å²) in [4.78, 5) is 38.0. The second-order valence-electron chi connectivity index (χ2n) is 22.4. The molecule has 0 aromatic rings. The highest BCUT2D eigenvalue weighted by Crippen LogP contribution is 2.18. The Hall–Kier alpha value is -2.37. The molecule has 1 unspecified atom stereocenters. The van der Waals surface area contributed by atoms with Crippen LogP contribution in [-0.2, 0) is 28.6 Å². The maximum Gasteiger partial charge on any atom is 0.306 e. The van der Waals surface area contributed by atoms with Crippen LogP contribution in [-0.4, -0.2) is 37.2 Å². The number of allylic oxidation sites excluding steroid dienone is 6. The first-order chi connectivity index (χ1) is 36.5. The van der Waals surface area contributed by atoms with Crippen molar-refractivity contribution in [3.05, 3.63) is 36.5 Å². The molecule has 0 aliphatic rings. The fourth-order valence-corrected chi connectivity index (χ4v) is 9.88. The summed E-state index contributed by atoms with van der Waals surface area (Å²) in [7, 11) is 0. The second kappa shape index (κ2) is 63.2. The molecule has 0 saturated heterocycles. The zero-order chi connectivity index (χ0) is 53.6. The van der Waals surface area contributed by atoms with Crippen LogP contribution in [0, 0.1) is 0 Å². The van der Waals surface area contributed by atoms with Gasteiger partial charge in [-0.05, 0) is 77.0 Å². The van der Waals surface area contributed by atoms with Crippen molar-refractivity contribution in [2.24, 2.45) is 0 Å². The molecule has 0 aromatic heterocycles. The minimum atomic E-state index is -0.770. The number of unbranched alkanes of at least 4 members (excludes halogenated alkanes) is 44. The van der Waals surface area contributed by atoms with Crippen molar-refractivity contribution < 1.29 is 28.6 Å². The highest BCUT2D eigenvalue weighted by Gasteiger charge is 2.19. The summed E-state index contributed by atoms with van der Waals surface area (Å²) in [6, 6.07) is 0. The molecule has 0 amide bonds. The van der Waals surface area contributed by atoms with E-state index in [-0.39, 0.29) is 31.1 Å². The van der Waals surface area contributed by atoms with E-state index in [1.165, 1.54) is 257 Å². The first kappa shape index (κ1) is 71.6. The van der Waals surface area contributed by atoms with Crippen LogP contribution in [0.4, 0.5) is 0 Å². The number of hydrogen-bond donors (Lipinski definition) is 0. The summed E-state index contributed by atoms with van der Waals surface area (Å²) in [6.07, 6.45) is 77.7. The van der Waals surface area contributed by atoms with Crippen molar-refractivity contribution in [2.45, 2.75) is 367 Å². The summed E-state index contributed by atoms with van der Waals surface area (Å²) in [5.74, 6) is -0.863. The monoisotopic (exact) mass is 1040 g/mol. The molecular formula is C68H126O6. The molecule has 0 rings (SSSR count). The first-order valence-corrected chi connectivity index (χ1v) is 33.0. The maximum absolute atomic E-state index is 12.8. The number of rotatable bonds is 61. The van der Waals surface area contributed by atoms with Gasteiger partial charge in [-0.2, -0.15) is 0 Å². The summed E-state index contributed by atoms with van der Waals surface area (Å²) in [5, 5.41) is 0. The fourth-order valence-electron chi connectivity index (χ4n) is 9.88. The van der Waals surface area contributed by atoms with E-state index in [2.05, 4.69) is 57.2 Å². The lowest BCUT2D eigenvalue weighted by atomic mass is 10.0. The van der Waals surface area contributed by atoms with Crippen molar-refractivity contribution in [3.63, 3.8) is 0 Å². The van der Waals surface area contributed by atoms with Gasteiger partial charge in [0.05, 0.1) is 0 Å². The van der Waals surface area contributed by atoms with Gasteiger partial charge in [0.1, 0.15) is 13.2 Å². The van der Waals surface area contributed by atoms with Crippen molar-refractivity contribution >= 4 is 17.9 Å². The zero-order valence-electron chi connectivity index (χ0n) is 49.9. The maximum atomic E-state index is 12.8. The molecule has 0 bridgehead atoms. The number of ether oxygens (including phenoxy) is 3. The van der Waals surface area contributed by atoms with E-state index in [9.17, 15) is 14.4 Å². The van der Waals surface area contributed by atoms with E-state index in [0.29, 0.717) is 19.3 Å². The van der Waals surface area contributed by atoms with E-state index in [1.807, 2.05) is 0 Å². The Balaban J connectivity index is 4.01. The predicted octanol–water partition coefficient (Wildman–Crippen LogP) is 22.4. The Morgan fingerprint density at radius 1 is 0.270 bits per heavy atom.